The molecule has 1 aliphatic carbocycles. The number of amides is 4. The number of benzene rings is 1. The van der Waals surface area contributed by atoms with E-state index >= 15 is 0 Å². The molecule has 3 aliphatic rings. The Bertz CT molecular complexity index is 1360. The van der Waals surface area contributed by atoms with Gasteiger partial charge in [-0.1, -0.05) is 59.2 Å². The first-order valence-electron chi connectivity index (χ1n) is 18.4. The summed E-state index contributed by atoms with van der Waals surface area (Å²) in [5.74, 6) is -0.584. The second-order valence-electron chi connectivity index (χ2n) is 16.0. The van der Waals surface area contributed by atoms with Crippen molar-refractivity contribution >= 4 is 29.3 Å². The van der Waals surface area contributed by atoms with Crippen LogP contribution in [0.4, 0.5) is 5.69 Å². The van der Waals surface area contributed by atoms with E-state index < -0.39 is 17.5 Å². The van der Waals surface area contributed by atoms with Crippen molar-refractivity contribution in [1.29, 1.82) is 0 Å². The fraction of sp³-hybridized carbons (Fsp3) is 0.692. The summed E-state index contributed by atoms with van der Waals surface area (Å²) in [5, 5.41) is 6.31. The Morgan fingerprint density at radius 2 is 1.58 bits per heavy atom. The number of nitrogens with zero attached hydrogens (tertiary/aromatic N) is 3. The van der Waals surface area contributed by atoms with Crippen molar-refractivity contribution in [2.24, 2.45) is 11.3 Å². The zero-order valence-electron chi connectivity index (χ0n) is 31.0. The Kier molecular flexibility index (Phi) is 12.5. The number of nitrogens with one attached hydrogen (secondary N) is 2. The summed E-state index contributed by atoms with van der Waals surface area (Å²) in [6.45, 7) is 17.4. The van der Waals surface area contributed by atoms with Crippen molar-refractivity contribution in [3.63, 3.8) is 0 Å². The van der Waals surface area contributed by atoms with Gasteiger partial charge in [0.15, 0.2) is 0 Å². The van der Waals surface area contributed by atoms with E-state index in [4.69, 9.17) is 0 Å². The van der Waals surface area contributed by atoms with Gasteiger partial charge in [0.25, 0.3) is 0 Å². The lowest BCUT2D eigenvalue weighted by Crippen LogP contribution is -2.60. The Hall–Kier alpha value is -3.20. The van der Waals surface area contributed by atoms with Gasteiger partial charge < -0.3 is 20.4 Å². The fourth-order valence-corrected chi connectivity index (χ4v) is 7.79. The molecule has 0 radical (unpaired) electrons. The molecule has 2 saturated heterocycles. The summed E-state index contributed by atoms with van der Waals surface area (Å²) in [4.78, 5) is 61.0. The highest BCUT2D eigenvalue weighted by atomic mass is 16.2. The lowest BCUT2D eigenvalue weighted by molar-refractivity contribution is -0.142. The molecule has 2 aliphatic heterocycles. The Morgan fingerprint density at radius 1 is 0.896 bits per heavy atom. The normalized spacial score (nSPS) is 21.9. The molecule has 2 unspecified atom stereocenters. The van der Waals surface area contributed by atoms with Crippen LogP contribution in [0.5, 0.6) is 0 Å². The number of piperidine rings is 1. The first-order valence-corrected chi connectivity index (χ1v) is 18.4. The summed E-state index contributed by atoms with van der Waals surface area (Å²) < 4.78 is 0. The molecule has 0 saturated carbocycles. The molecular formula is C39H61N5O4. The maximum absolute atomic E-state index is 14.2. The highest BCUT2D eigenvalue weighted by Gasteiger charge is 2.40. The molecule has 4 atom stereocenters. The van der Waals surface area contributed by atoms with E-state index in [2.05, 4.69) is 35.4 Å². The van der Waals surface area contributed by atoms with Crippen LogP contribution in [-0.4, -0.2) is 88.7 Å². The topological polar surface area (TPSA) is 102 Å². The predicted molar refractivity (Wildman–Crippen MR) is 192 cm³/mol. The number of hydrogen-bond acceptors (Lipinski definition) is 5. The highest BCUT2D eigenvalue weighted by molar-refractivity contribution is 6.01. The summed E-state index contributed by atoms with van der Waals surface area (Å²) in [6.07, 6.45) is 10.4. The van der Waals surface area contributed by atoms with E-state index in [-0.39, 0.29) is 47.7 Å². The molecule has 2 heterocycles. The van der Waals surface area contributed by atoms with E-state index in [1.807, 2.05) is 52.8 Å². The third-order valence-electron chi connectivity index (χ3n) is 10.6. The van der Waals surface area contributed by atoms with Crippen molar-refractivity contribution in [2.75, 3.05) is 25.5 Å². The second-order valence-corrected chi connectivity index (χ2v) is 16.0. The number of rotatable bonds is 10. The van der Waals surface area contributed by atoms with Crippen molar-refractivity contribution in [3.8, 4) is 0 Å². The summed E-state index contributed by atoms with van der Waals surface area (Å²) in [5.41, 5.74) is 3.37. The van der Waals surface area contributed by atoms with Crippen LogP contribution in [0.25, 0.3) is 0 Å². The minimum Gasteiger partial charge on any atom is -0.342 e. The van der Waals surface area contributed by atoms with Crippen molar-refractivity contribution < 1.29 is 19.2 Å². The van der Waals surface area contributed by atoms with Gasteiger partial charge in [-0.25, -0.2) is 0 Å². The zero-order valence-corrected chi connectivity index (χ0v) is 31.0. The largest absolute Gasteiger partial charge is 0.342 e. The number of hydrogen-bond donors (Lipinski definition) is 2. The molecule has 2 N–H and O–H groups in total. The van der Waals surface area contributed by atoms with Gasteiger partial charge >= 0.3 is 0 Å². The molecule has 0 aromatic heterocycles. The number of likely N-dealkylation sites (N-methyl/N-ethyl adjacent to an activating group) is 1. The van der Waals surface area contributed by atoms with Gasteiger partial charge in [0.2, 0.25) is 23.6 Å². The third kappa shape index (κ3) is 8.68. The van der Waals surface area contributed by atoms with Gasteiger partial charge in [-0.05, 0) is 107 Å². The van der Waals surface area contributed by atoms with E-state index in [1.165, 1.54) is 17.5 Å². The zero-order chi connectivity index (χ0) is 35.3. The predicted octanol–water partition coefficient (Wildman–Crippen LogP) is 5.72. The van der Waals surface area contributed by atoms with Crippen LogP contribution >= 0.6 is 0 Å². The van der Waals surface area contributed by atoms with Crippen molar-refractivity contribution in [2.45, 2.75) is 143 Å². The van der Waals surface area contributed by atoms with Crippen LogP contribution < -0.4 is 10.6 Å². The number of fused-ring (bicyclic) bond motifs is 1. The maximum Gasteiger partial charge on any atom is 0.249 e. The molecule has 0 spiro atoms. The lowest BCUT2D eigenvalue weighted by atomic mass is 9.84. The lowest BCUT2D eigenvalue weighted by Gasteiger charge is -2.41. The molecule has 4 rings (SSSR count). The first-order chi connectivity index (χ1) is 22.6. The number of anilines is 1. The van der Waals surface area contributed by atoms with Gasteiger partial charge in [-0.2, -0.15) is 0 Å². The minimum atomic E-state index is -0.730. The summed E-state index contributed by atoms with van der Waals surface area (Å²) in [7, 11) is 1.76. The van der Waals surface area contributed by atoms with Gasteiger partial charge in [-0.15, -0.1) is 0 Å². The van der Waals surface area contributed by atoms with Crippen LogP contribution in [0.1, 0.15) is 111 Å². The van der Waals surface area contributed by atoms with E-state index in [9.17, 15) is 19.2 Å². The Morgan fingerprint density at radius 3 is 2.25 bits per heavy atom. The minimum absolute atomic E-state index is 0.00901. The fourth-order valence-electron chi connectivity index (χ4n) is 7.79. The molecule has 9 nitrogen and oxygen atoms in total. The van der Waals surface area contributed by atoms with E-state index in [0.29, 0.717) is 18.5 Å². The number of aryl methyl sites for hydroxylation is 1. The van der Waals surface area contributed by atoms with Gasteiger partial charge in [0.05, 0.1) is 12.1 Å². The van der Waals surface area contributed by atoms with Gasteiger partial charge in [0.1, 0.15) is 12.1 Å². The molecule has 0 bridgehead atoms. The van der Waals surface area contributed by atoms with Crippen LogP contribution in [0.3, 0.4) is 0 Å². The quantitative estimate of drug-likeness (QED) is 0.312. The van der Waals surface area contributed by atoms with Gasteiger partial charge in [-0.3, -0.25) is 24.1 Å². The average molecular weight is 664 g/mol. The van der Waals surface area contributed by atoms with Crippen LogP contribution in [0.2, 0.25) is 0 Å². The molecular weight excluding hydrogens is 602 g/mol. The smallest absolute Gasteiger partial charge is 0.249 e. The molecule has 4 amide bonds. The second kappa shape index (κ2) is 16.0. The summed E-state index contributed by atoms with van der Waals surface area (Å²) >= 11 is 0. The Labute approximate surface area is 289 Å². The monoisotopic (exact) mass is 663 g/mol. The highest BCUT2D eigenvalue weighted by Crippen LogP contribution is 2.30. The number of carbonyl (C=O) groups excluding carboxylic acids is 4. The van der Waals surface area contributed by atoms with Crippen LogP contribution in [0, 0.1) is 11.3 Å². The van der Waals surface area contributed by atoms with Crippen molar-refractivity contribution in [1.82, 2.24) is 20.0 Å². The number of carbonyl (C=O) groups is 4. The number of likely N-dealkylation sites (tertiary alicyclic amines) is 2. The maximum atomic E-state index is 14.2. The molecule has 48 heavy (non-hydrogen) atoms. The molecule has 266 valence electrons. The molecule has 1 aromatic carbocycles. The average Bonchev–Trinajstić information content (AvgIpc) is 3.54. The Balaban J connectivity index is 1.49. The van der Waals surface area contributed by atoms with E-state index in [0.717, 1.165) is 57.2 Å². The van der Waals surface area contributed by atoms with Crippen LogP contribution in [0.15, 0.2) is 29.8 Å². The molecule has 2 fully saturated rings. The van der Waals surface area contributed by atoms with Gasteiger partial charge in [0, 0.05) is 30.9 Å². The standard InChI is InChI=1S/C39H61N5O4/c1-25(2)33(42(9)38(48)34(39(6,7)8)41-36(46)31-20-12-13-22-43(31)26(3)4)24-27(5)37(47)44-23-15-21-32(44)35(45)40-30-19-14-17-28-16-10-11-18-29(28)30/h14,17,19,24-26,31-34H,10-13,15-16,18,20-23H2,1-9H3,(H,40,45)(H,41,46)/b27-24+/t31?,32-,33+,34?/m0/s1. The van der Waals surface area contributed by atoms with Crippen molar-refractivity contribution in [3.05, 3.63) is 41.0 Å². The molecule has 9 heteroatoms. The van der Waals surface area contributed by atoms with Crippen LogP contribution in [-0.2, 0) is 32.0 Å². The molecule has 1 aromatic rings. The van der Waals surface area contributed by atoms with E-state index in [1.54, 1.807) is 23.8 Å². The third-order valence-corrected chi connectivity index (χ3v) is 10.6. The SMILES string of the molecule is C/C(=C\[C@H](C(C)C)N(C)C(=O)C(NC(=O)C1CCCCN1C(C)C)C(C)(C)C)C(=O)N1CCC[C@H]1C(=O)Nc1cccc2c1CCCC2. The summed E-state index contributed by atoms with van der Waals surface area (Å²) in [6, 6.07) is 4.46. The first kappa shape index (κ1) is 37.6.